The number of benzene rings is 1. The molecule has 1 aromatic rings. The van der Waals surface area contributed by atoms with Gasteiger partial charge in [0.25, 0.3) is 0 Å². The summed E-state index contributed by atoms with van der Waals surface area (Å²) < 4.78 is 5.61. The highest BCUT2D eigenvalue weighted by Crippen LogP contribution is 2.16. The summed E-state index contributed by atoms with van der Waals surface area (Å²) in [6, 6.07) is 7.80. The first kappa shape index (κ1) is 15.4. The lowest BCUT2D eigenvalue weighted by atomic mass is 10.1. The van der Waals surface area contributed by atoms with Crippen LogP contribution < -0.4 is 10.1 Å². The summed E-state index contributed by atoms with van der Waals surface area (Å²) >= 11 is 0. The number of nitrogens with zero attached hydrogens (tertiary/aromatic N) is 1. The third-order valence-electron chi connectivity index (χ3n) is 3.67. The lowest BCUT2D eigenvalue weighted by Gasteiger charge is -2.30. The van der Waals surface area contributed by atoms with Crippen molar-refractivity contribution in [2.24, 2.45) is 0 Å². The van der Waals surface area contributed by atoms with Crippen molar-refractivity contribution >= 4 is 11.8 Å². The second-order valence-electron chi connectivity index (χ2n) is 5.44. The van der Waals surface area contributed by atoms with Crippen LogP contribution in [-0.2, 0) is 9.59 Å². The van der Waals surface area contributed by atoms with E-state index in [4.69, 9.17) is 4.74 Å². The Labute approximate surface area is 125 Å². The van der Waals surface area contributed by atoms with Crippen molar-refractivity contribution in [3.63, 3.8) is 0 Å². The maximum Gasteiger partial charge on any atom is 0.223 e. The van der Waals surface area contributed by atoms with Gasteiger partial charge < -0.3 is 15.0 Å². The average Bonchev–Trinajstić information content (AvgIpc) is 2.45. The maximum atomic E-state index is 11.9. The maximum absolute atomic E-state index is 11.9. The zero-order chi connectivity index (χ0) is 15.2. The van der Waals surface area contributed by atoms with Crippen LogP contribution in [0.3, 0.4) is 0 Å². The van der Waals surface area contributed by atoms with E-state index in [9.17, 15) is 9.59 Å². The zero-order valence-corrected chi connectivity index (χ0v) is 12.6. The second-order valence-corrected chi connectivity index (χ2v) is 5.44. The van der Waals surface area contributed by atoms with Crippen molar-refractivity contribution in [2.45, 2.75) is 32.2 Å². The second kappa shape index (κ2) is 7.11. The van der Waals surface area contributed by atoms with Gasteiger partial charge in [-0.25, -0.2) is 0 Å². The van der Waals surface area contributed by atoms with Crippen molar-refractivity contribution in [1.29, 1.82) is 0 Å². The number of likely N-dealkylation sites (N-methyl/N-ethyl adjacent to an activating group) is 1. The highest BCUT2D eigenvalue weighted by molar-refractivity contribution is 5.79. The molecule has 0 aliphatic carbocycles. The number of hydrogen-bond donors (Lipinski definition) is 1. The summed E-state index contributed by atoms with van der Waals surface area (Å²) in [4.78, 5) is 24.9. The number of para-hydroxylation sites is 1. The molecule has 5 heteroatoms. The monoisotopic (exact) mass is 290 g/mol. The summed E-state index contributed by atoms with van der Waals surface area (Å²) in [5.41, 5.74) is 1.06. The summed E-state index contributed by atoms with van der Waals surface area (Å²) in [5, 5.41) is 2.96. The number of hydrogen-bond acceptors (Lipinski definition) is 3. The van der Waals surface area contributed by atoms with E-state index in [2.05, 4.69) is 5.32 Å². The molecular weight excluding hydrogens is 268 g/mol. The smallest absolute Gasteiger partial charge is 0.223 e. The topological polar surface area (TPSA) is 58.6 Å². The van der Waals surface area contributed by atoms with Gasteiger partial charge in [0.05, 0.1) is 13.0 Å². The van der Waals surface area contributed by atoms with Gasteiger partial charge >= 0.3 is 0 Å². The molecule has 1 saturated heterocycles. The highest BCUT2D eigenvalue weighted by atomic mass is 16.5. The predicted molar refractivity (Wildman–Crippen MR) is 80.1 cm³/mol. The Morgan fingerprint density at radius 1 is 1.43 bits per heavy atom. The number of ether oxygens (including phenoxy) is 1. The highest BCUT2D eigenvalue weighted by Gasteiger charge is 2.23. The minimum atomic E-state index is -0.0312. The molecule has 1 heterocycles. The molecule has 0 radical (unpaired) electrons. The van der Waals surface area contributed by atoms with Gasteiger partial charge in [-0.2, -0.15) is 0 Å². The van der Waals surface area contributed by atoms with Crippen molar-refractivity contribution in [1.82, 2.24) is 10.2 Å². The van der Waals surface area contributed by atoms with Crippen molar-refractivity contribution in [3.05, 3.63) is 29.8 Å². The van der Waals surface area contributed by atoms with E-state index in [-0.39, 0.29) is 17.9 Å². The number of aryl methyl sites for hydroxylation is 1. The molecule has 1 N–H and O–H groups in total. The molecule has 0 unspecified atom stereocenters. The molecular formula is C16H22N2O3. The zero-order valence-electron chi connectivity index (χ0n) is 12.6. The molecule has 0 spiro atoms. The first-order chi connectivity index (χ1) is 10.1. The molecule has 1 fully saturated rings. The third-order valence-corrected chi connectivity index (χ3v) is 3.67. The van der Waals surface area contributed by atoms with Crippen LogP contribution in [0.2, 0.25) is 0 Å². The molecule has 21 heavy (non-hydrogen) atoms. The minimum Gasteiger partial charge on any atom is -0.493 e. The van der Waals surface area contributed by atoms with Crippen molar-refractivity contribution in [3.8, 4) is 5.75 Å². The van der Waals surface area contributed by atoms with Gasteiger partial charge in [0, 0.05) is 26.1 Å². The lowest BCUT2D eigenvalue weighted by molar-refractivity contribution is -0.134. The fraction of sp³-hybridized carbons (Fsp3) is 0.500. The molecule has 1 aliphatic rings. The van der Waals surface area contributed by atoms with E-state index in [1.165, 1.54) is 0 Å². The largest absolute Gasteiger partial charge is 0.493 e. The first-order valence-corrected chi connectivity index (χ1v) is 7.28. The summed E-state index contributed by atoms with van der Waals surface area (Å²) in [6.45, 7) is 2.92. The number of likely N-dealkylation sites (tertiary alicyclic amines) is 1. The van der Waals surface area contributed by atoms with E-state index >= 15 is 0 Å². The van der Waals surface area contributed by atoms with Crippen LogP contribution in [-0.4, -0.2) is 43.0 Å². The molecule has 0 bridgehead atoms. The van der Waals surface area contributed by atoms with Gasteiger partial charge in [0.1, 0.15) is 5.75 Å². The first-order valence-electron chi connectivity index (χ1n) is 7.28. The van der Waals surface area contributed by atoms with Gasteiger partial charge in [-0.15, -0.1) is 0 Å². The number of nitrogens with one attached hydrogen (secondary N) is 1. The van der Waals surface area contributed by atoms with Crippen LogP contribution >= 0.6 is 0 Å². The van der Waals surface area contributed by atoms with Crippen LogP contribution in [0, 0.1) is 6.92 Å². The van der Waals surface area contributed by atoms with Crippen LogP contribution in [0.15, 0.2) is 24.3 Å². The predicted octanol–water partition coefficient (Wildman–Crippen LogP) is 1.50. The Kier molecular flexibility index (Phi) is 5.20. The van der Waals surface area contributed by atoms with Gasteiger partial charge in [-0.05, 0) is 25.0 Å². The summed E-state index contributed by atoms with van der Waals surface area (Å²) in [5.74, 6) is 0.924. The summed E-state index contributed by atoms with van der Waals surface area (Å²) in [6.07, 6.45) is 1.54. The van der Waals surface area contributed by atoms with Crippen LogP contribution in [0.5, 0.6) is 5.75 Å². The number of piperidine rings is 1. The number of carbonyl (C=O) groups excluding carboxylic acids is 2. The van der Waals surface area contributed by atoms with Crippen LogP contribution in [0.4, 0.5) is 0 Å². The van der Waals surface area contributed by atoms with E-state index < -0.39 is 0 Å². The Hall–Kier alpha value is -2.04. The molecule has 1 aromatic carbocycles. The van der Waals surface area contributed by atoms with Crippen LogP contribution in [0.25, 0.3) is 0 Å². The standard InChI is InChI=1S/C16H22N2O3/c1-12-5-3-4-6-14(12)21-10-9-15(19)17-13-7-8-16(20)18(2)11-13/h3-6,13H,7-11H2,1-2H3,(H,17,19)/t13-/m1/s1. The Bertz CT molecular complexity index is 516. The van der Waals surface area contributed by atoms with Gasteiger partial charge in [-0.1, -0.05) is 18.2 Å². The average molecular weight is 290 g/mol. The van der Waals surface area contributed by atoms with Gasteiger partial charge in [0.15, 0.2) is 0 Å². The van der Waals surface area contributed by atoms with E-state index in [0.717, 1.165) is 11.3 Å². The normalized spacial score (nSPS) is 18.5. The molecule has 0 aromatic heterocycles. The van der Waals surface area contributed by atoms with Crippen molar-refractivity contribution in [2.75, 3.05) is 20.2 Å². The SMILES string of the molecule is Cc1ccccc1OCCC(=O)N[C@@H]1CCC(=O)N(C)C1. The quantitative estimate of drug-likeness (QED) is 0.894. The minimum absolute atomic E-state index is 0.0312. The number of carbonyl (C=O) groups is 2. The lowest BCUT2D eigenvalue weighted by Crippen LogP contribution is -2.48. The van der Waals surface area contributed by atoms with E-state index in [1.54, 1.807) is 11.9 Å². The fourth-order valence-corrected chi connectivity index (χ4v) is 2.40. The Balaban J connectivity index is 1.71. The molecule has 0 saturated carbocycles. The molecule has 1 atom stereocenters. The van der Waals surface area contributed by atoms with Crippen molar-refractivity contribution < 1.29 is 14.3 Å². The molecule has 2 amide bonds. The van der Waals surface area contributed by atoms with Gasteiger partial charge in [-0.3, -0.25) is 9.59 Å². The molecule has 2 rings (SSSR count). The van der Waals surface area contributed by atoms with Crippen LogP contribution in [0.1, 0.15) is 24.8 Å². The Morgan fingerprint density at radius 3 is 2.90 bits per heavy atom. The fourth-order valence-electron chi connectivity index (χ4n) is 2.40. The van der Waals surface area contributed by atoms with E-state index in [0.29, 0.717) is 32.4 Å². The Morgan fingerprint density at radius 2 is 2.19 bits per heavy atom. The molecule has 1 aliphatic heterocycles. The third kappa shape index (κ3) is 4.48. The molecule has 114 valence electrons. The molecule has 5 nitrogen and oxygen atoms in total. The number of rotatable bonds is 5. The summed E-state index contributed by atoms with van der Waals surface area (Å²) in [7, 11) is 1.77. The number of amides is 2. The van der Waals surface area contributed by atoms with Gasteiger partial charge in [0.2, 0.25) is 11.8 Å². The van der Waals surface area contributed by atoms with E-state index in [1.807, 2.05) is 31.2 Å².